The van der Waals surface area contributed by atoms with Crippen molar-refractivity contribution in [2.75, 3.05) is 33.3 Å². The quantitative estimate of drug-likeness (QED) is 0.430. The molecule has 166 valence electrons. The number of carbonyl (C=O) groups is 1. The lowest BCUT2D eigenvalue weighted by Crippen LogP contribution is -2.34. The van der Waals surface area contributed by atoms with Crippen LogP contribution in [0, 0.1) is 10.1 Å². The number of non-ortho nitro benzene ring substituents is 1. The highest BCUT2D eigenvalue weighted by molar-refractivity contribution is 5.94. The number of aromatic nitrogens is 2. The number of nitro groups is 1. The SMILES string of the molecule is COc1ccc(-c2cc(C(=O)NCCN3CCCC3)n(-c3ccc([N+](=O)[O-])cc3)n2)cc1. The summed E-state index contributed by atoms with van der Waals surface area (Å²) in [5, 5.41) is 18.6. The number of likely N-dealkylation sites (tertiary alicyclic amines) is 1. The van der Waals surface area contributed by atoms with E-state index in [1.54, 1.807) is 25.3 Å². The minimum absolute atomic E-state index is 0.0205. The zero-order valence-corrected chi connectivity index (χ0v) is 17.9. The van der Waals surface area contributed by atoms with Gasteiger partial charge in [0.15, 0.2) is 0 Å². The van der Waals surface area contributed by atoms with Gasteiger partial charge in [0.2, 0.25) is 0 Å². The van der Waals surface area contributed by atoms with Gasteiger partial charge in [-0.05, 0) is 68.4 Å². The molecule has 0 atom stereocenters. The molecule has 0 saturated carbocycles. The summed E-state index contributed by atoms with van der Waals surface area (Å²) in [6.07, 6.45) is 2.40. The van der Waals surface area contributed by atoms with Crippen LogP contribution < -0.4 is 10.1 Å². The van der Waals surface area contributed by atoms with Gasteiger partial charge in [0.1, 0.15) is 11.4 Å². The fourth-order valence-corrected chi connectivity index (χ4v) is 3.78. The maximum atomic E-state index is 13.0. The molecule has 1 fully saturated rings. The molecule has 9 heteroatoms. The van der Waals surface area contributed by atoms with Gasteiger partial charge in [-0.1, -0.05) is 0 Å². The number of hydrogen-bond donors (Lipinski definition) is 1. The number of nitro benzene ring substituents is 1. The van der Waals surface area contributed by atoms with Gasteiger partial charge in [-0.3, -0.25) is 14.9 Å². The molecule has 1 N–H and O–H groups in total. The van der Waals surface area contributed by atoms with Gasteiger partial charge in [-0.2, -0.15) is 5.10 Å². The number of benzene rings is 2. The summed E-state index contributed by atoms with van der Waals surface area (Å²) in [5.74, 6) is 0.484. The molecule has 1 aliphatic rings. The van der Waals surface area contributed by atoms with Crippen molar-refractivity contribution in [3.63, 3.8) is 0 Å². The number of methoxy groups -OCH3 is 1. The first-order chi connectivity index (χ1) is 15.5. The van der Waals surface area contributed by atoms with E-state index in [2.05, 4.69) is 15.3 Å². The molecule has 4 rings (SSSR count). The van der Waals surface area contributed by atoms with Crippen molar-refractivity contribution in [2.24, 2.45) is 0 Å². The first kappa shape index (κ1) is 21.5. The molecule has 32 heavy (non-hydrogen) atoms. The number of rotatable bonds is 8. The molecular weight excluding hydrogens is 410 g/mol. The zero-order chi connectivity index (χ0) is 22.5. The molecule has 1 aromatic heterocycles. The first-order valence-corrected chi connectivity index (χ1v) is 10.5. The minimum atomic E-state index is -0.457. The smallest absolute Gasteiger partial charge is 0.270 e. The highest BCUT2D eigenvalue weighted by atomic mass is 16.6. The lowest BCUT2D eigenvalue weighted by Gasteiger charge is -2.15. The molecule has 0 spiro atoms. The van der Waals surface area contributed by atoms with E-state index in [0.29, 0.717) is 23.6 Å². The molecule has 2 aromatic carbocycles. The Morgan fingerprint density at radius 1 is 1.12 bits per heavy atom. The van der Waals surface area contributed by atoms with Crippen LogP contribution in [0.3, 0.4) is 0 Å². The van der Waals surface area contributed by atoms with Crippen molar-refractivity contribution >= 4 is 11.6 Å². The lowest BCUT2D eigenvalue weighted by atomic mass is 10.1. The Hall–Kier alpha value is -3.72. The summed E-state index contributed by atoms with van der Waals surface area (Å²) >= 11 is 0. The Kier molecular flexibility index (Phi) is 6.46. The van der Waals surface area contributed by atoms with Gasteiger partial charge in [0, 0.05) is 30.8 Å². The van der Waals surface area contributed by atoms with Gasteiger partial charge >= 0.3 is 0 Å². The third-order valence-corrected chi connectivity index (χ3v) is 5.55. The second kappa shape index (κ2) is 9.61. The summed E-state index contributed by atoms with van der Waals surface area (Å²) < 4.78 is 6.73. The Morgan fingerprint density at radius 2 is 1.81 bits per heavy atom. The highest BCUT2D eigenvalue weighted by Gasteiger charge is 2.19. The number of carbonyl (C=O) groups excluding carboxylic acids is 1. The maximum absolute atomic E-state index is 13.0. The predicted molar refractivity (Wildman–Crippen MR) is 120 cm³/mol. The van der Waals surface area contributed by atoms with Crippen LogP contribution in [0.5, 0.6) is 5.75 Å². The van der Waals surface area contributed by atoms with Crippen LogP contribution in [-0.4, -0.2) is 58.8 Å². The third kappa shape index (κ3) is 4.78. The molecule has 1 amide bonds. The summed E-state index contributed by atoms with van der Waals surface area (Å²) in [7, 11) is 1.60. The summed E-state index contributed by atoms with van der Waals surface area (Å²) in [4.78, 5) is 25.9. The molecule has 1 saturated heterocycles. The number of amides is 1. The Morgan fingerprint density at radius 3 is 2.44 bits per heavy atom. The molecule has 9 nitrogen and oxygen atoms in total. The predicted octanol–water partition coefficient (Wildman–Crippen LogP) is 3.28. The number of ether oxygens (including phenoxy) is 1. The zero-order valence-electron chi connectivity index (χ0n) is 17.9. The Labute approximate surface area is 185 Å². The van der Waals surface area contributed by atoms with E-state index in [1.165, 1.54) is 29.7 Å². The Bertz CT molecular complexity index is 1090. The molecule has 0 radical (unpaired) electrons. The van der Waals surface area contributed by atoms with Crippen molar-refractivity contribution in [1.82, 2.24) is 20.0 Å². The van der Waals surface area contributed by atoms with Crippen molar-refractivity contribution in [3.8, 4) is 22.7 Å². The third-order valence-electron chi connectivity index (χ3n) is 5.55. The van der Waals surface area contributed by atoms with Crippen LogP contribution in [0.4, 0.5) is 5.69 Å². The van der Waals surface area contributed by atoms with Crippen molar-refractivity contribution in [3.05, 3.63) is 70.4 Å². The average Bonchev–Trinajstić information content (AvgIpc) is 3.49. The van der Waals surface area contributed by atoms with E-state index in [0.717, 1.165) is 30.9 Å². The first-order valence-electron chi connectivity index (χ1n) is 10.5. The molecule has 0 aliphatic carbocycles. The van der Waals surface area contributed by atoms with E-state index in [4.69, 9.17) is 4.74 Å². The lowest BCUT2D eigenvalue weighted by molar-refractivity contribution is -0.384. The number of hydrogen-bond acceptors (Lipinski definition) is 6. The Balaban J connectivity index is 1.61. The van der Waals surface area contributed by atoms with E-state index in [-0.39, 0.29) is 11.6 Å². The molecule has 0 unspecified atom stereocenters. The number of nitrogens with zero attached hydrogens (tertiary/aromatic N) is 4. The van der Waals surface area contributed by atoms with Crippen molar-refractivity contribution in [1.29, 1.82) is 0 Å². The second-order valence-electron chi connectivity index (χ2n) is 7.63. The molecular formula is C23H25N5O4. The van der Waals surface area contributed by atoms with E-state index in [9.17, 15) is 14.9 Å². The van der Waals surface area contributed by atoms with E-state index < -0.39 is 4.92 Å². The van der Waals surface area contributed by atoms with Gasteiger partial charge in [0.25, 0.3) is 11.6 Å². The van der Waals surface area contributed by atoms with Gasteiger partial charge in [-0.15, -0.1) is 0 Å². The number of nitrogens with one attached hydrogen (secondary N) is 1. The van der Waals surface area contributed by atoms with Gasteiger partial charge in [-0.25, -0.2) is 4.68 Å². The fraction of sp³-hybridized carbons (Fsp3) is 0.304. The largest absolute Gasteiger partial charge is 0.497 e. The van der Waals surface area contributed by atoms with Gasteiger partial charge < -0.3 is 15.0 Å². The standard InChI is InChI=1S/C23H25N5O4/c1-32-20-10-4-17(5-11-20)21-16-22(23(29)24-12-15-26-13-2-3-14-26)27(25-21)18-6-8-19(9-7-18)28(30)31/h4-11,16H,2-3,12-15H2,1H3,(H,24,29). The normalized spacial score (nSPS) is 13.8. The van der Waals surface area contributed by atoms with Crippen LogP contribution in [0.1, 0.15) is 23.3 Å². The topological polar surface area (TPSA) is 103 Å². The van der Waals surface area contributed by atoms with Crippen molar-refractivity contribution < 1.29 is 14.5 Å². The van der Waals surface area contributed by atoms with Gasteiger partial charge in [0.05, 0.1) is 23.4 Å². The fourth-order valence-electron chi connectivity index (χ4n) is 3.78. The summed E-state index contributed by atoms with van der Waals surface area (Å²) in [6, 6.07) is 15.1. The summed E-state index contributed by atoms with van der Waals surface area (Å²) in [5.41, 5.74) is 2.37. The molecule has 3 aromatic rings. The molecule has 2 heterocycles. The maximum Gasteiger partial charge on any atom is 0.270 e. The van der Waals surface area contributed by atoms with Crippen LogP contribution >= 0.6 is 0 Å². The van der Waals surface area contributed by atoms with Crippen LogP contribution in [0.2, 0.25) is 0 Å². The van der Waals surface area contributed by atoms with E-state index in [1.807, 2.05) is 24.3 Å². The molecule has 1 aliphatic heterocycles. The summed E-state index contributed by atoms with van der Waals surface area (Å²) in [6.45, 7) is 3.49. The van der Waals surface area contributed by atoms with E-state index >= 15 is 0 Å². The van der Waals surface area contributed by atoms with Crippen LogP contribution in [0.15, 0.2) is 54.6 Å². The minimum Gasteiger partial charge on any atom is -0.497 e. The molecule has 0 bridgehead atoms. The highest BCUT2D eigenvalue weighted by Crippen LogP contribution is 2.25. The second-order valence-corrected chi connectivity index (χ2v) is 7.63. The average molecular weight is 435 g/mol. The van der Waals surface area contributed by atoms with Crippen LogP contribution in [0.25, 0.3) is 16.9 Å². The monoisotopic (exact) mass is 435 g/mol. The van der Waals surface area contributed by atoms with Crippen LogP contribution in [-0.2, 0) is 0 Å². The van der Waals surface area contributed by atoms with Crippen molar-refractivity contribution in [2.45, 2.75) is 12.8 Å².